The third kappa shape index (κ3) is 3.79. The number of nitrogens with zero attached hydrogens (tertiary/aromatic N) is 5. The van der Waals surface area contributed by atoms with Crippen molar-refractivity contribution >= 4 is 22.8 Å². The minimum Gasteiger partial charge on any atom is -0.370 e. The Morgan fingerprint density at radius 1 is 1.29 bits per heavy atom. The second kappa shape index (κ2) is 8.71. The molecule has 3 aromatic rings. The minimum atomic E-state index is -2.93. The molecule has 0 N–H and O–H groups in total. The van der Waals surface area contributed by atoms with Crippen LogP contribution in [0.15, 0.2) is 35.4 Å². The topological polar surface area (TPSA) is 80.6 Å². The van der Waals surface area contributed by atoms with Gasteiger partial charge < -0.3 is 14.5 Å². The lowest BCUT2D eigenvalue weighted by atomic mass is 9.86. The monoisotopic (exact) mass is 475 g/mol. The summed E-state index contributed by atoms with van der Waals surface area (Å²) in [5.74, 6) is -0.701. The molecule has 3 heterocycles. The SMILES string of the molecule is COC1(c2cc3c(N(C)Cc4cccc(C(F)F)c4F)ncnc3n(C)c2=O)CN(C(C)=O)C1. The zero-order chi connectivity index (χ0) is 24.8. The van der Waals surface area contributed by atoms with E-state index in [1.165, 1.54) is 37.1 Å². The maximum absolute atomic E-state index is 14.6. The first kappa shape index (κ1) is 23.7. The molecule has 8 nitrogen and oxygen atoms in total. The summed E-state index contributed by atoms with van der Waals surface area (Å²) >= 11 is 0. The van der Waals surface area contributed by atoms with Crippen molar-refractivity contribution in [2.75, 3.05) is 32.1 Å². The van der Waals surface area contributed by atoms with E-state index in [4.69, 9.17) is 4.74 Å². The van der Waals surface area contributed by atoms with Crippen molar-refractivity contribution in [1.82, 2.24) is 19.4 Å². The van der Waals surface area contributed by atoms with Crippen LogP contribution in [0.2, 0.25) is 0 Å². The fraction of sp³-hybridized carbons (Fsp3) is 0.391. The van der Waals surface area contributed by atoms with Crippen LogP contribution in [0, 0.1) is 5.82 Å². The van der Waals surface area contributed by atoms with Crippen molar-refractivity contribution in [3.8, 4) is 0 Å². The van der Waals surface area contributed by atoms with Gasteiger partial charge in [-0.3, -0.25) is 14.2 Å². The number of aryl methyl sites for hydroxylation is 1. The number of fused-ring (bicyclic) bond motifs is 1. The van der Waals surface area contributed by atoms with Gasteiger partial charge in [0.1, 0.15) is 29.2 Å². The zero-order valence-electron chi connectivity index (χ0n) is 19.2. The number of alkyl halides is 2. The number of carbonyl (C=O) groups excluding carboxylic acids is 1. The number of pyridine rings is 1. The number of ether oxygens (including phenoxy) is 1. The van der Waals surface area contributed by atoms with Crippen LogP contribution in [0.1, 0.15) is 30.0 Å². The van der Waals surface area contributed by atoms with E-state index in [-0.39, 0.29) is 36.7 Å². The molecule has 4 rings (SSSR count). The van der Waals surface area contributed by atoms with Gasteiger partial charge in [-0.1, -0.05) is 18.2 Å². The molecular formula is C23H24F3N5O3. The summed E-state index contributed by atoms with van der Waals surface area (Å²) in [6.07, 6.45) is -1.64. The first-order valence-electron chi connectivity index (χ1n) is 10.5. The van der Waals surface area contributed by atoms with Crippen LogP contribution in [-0.4, -0.2) is 52.6 Å². The molecule has 0 radical (unpaired) electrons. The highest BCUT2D eigenvalue weighted by molar-refractivity contribution is 5.87. The number of rotatable bonds is 6. The standard InChI is InChI=1S/C23H24F3N5O3/c1-13(32)31-10-23(11-31,34-4)17-8-16-20(27-12-28-21(16)30(3)22(17)33)29(2)9-14-6-5-7-15(18(14)24)19(25)26/h5-8,12,19H,9-11H2,1-4H3. The van der Waals surface area contributed by atoms with Gasteiger partial charge in [0.15, 0.2) is 0 Å². The number of aromatic nitrogens is 3. The molecule has 0 atom stereocenters. The summed E-state index contributed by atoms with van der Waals surface area (Å²) in [5, 5.41) is 0.505. The average Bonchev–Trinajstić information content (AvgIpc) is 2.77. The van der Waals surface area contributed by atoms with E-state index in [1.54, 1.807) is 30.0 Å². The van der Waals surface area contributed by atoms with Gasteiger partial charge in [0.05, 0.1) is 29.6 Å². The van der Waals surface area contributed by atoms with E-state index < -0.39 is 23.4 Å². The van der Waals surface area contributed by atoms with Gasteiger partial charge in [0.25, 0.3) is 12.0 Å². The molecule has 1 saturated heterocycles. The molecule has 0 bridgehead atoms. The van der Waals surface area contributed by atoms with Crippen molar-refractivity contribution in [3.63, 3.8) is 0 Å². The molecule has 1 fully saturated rings. The highest BCUT2D eigenvalue weighted by atomic mass is 19.3. The number of carbonyl (C=O) groups is 1. The second-order valence-corrected chi connectivity index (χ2v) is 8.41. The highest BCUT2D eigenvalue weighted by Gasteiger charge is 2.48. The predicted molar refractivity (Wildman–Crippen MR) is 119 cm³/mol. The van der Waals surface area contributed by atoms with Gasteiger partial charge in [-0.05, 0) is 6.07 Å². The van der Waals surface area contributed by atoms with E-state index >= 15 is 0 Å². The molecule has 0 spiro atoms. The fourth-order valence-electron chi connectivity index (χ4n) is 4.31. The molecule has 0 unspecified atom stereocenters. The van der Waals surface area contributed by atoms with E-state index in [9.17, 15) is 22.8 Å². The summed E-state index contributed by atoms with van der Waals surface area (Å²) in [7, 11) is 4.70. The summed E-state index contributed by atoms with van der Waals surface area (Å²) in [6, 6.07) is 5.51. The highest BCUT2D eigenvalue weighted by Crippen LogP contribution is 2.36. The Labute approximate surface area is 193 Å². The number of likely N-dealkylation sites (tertiary alicyclic amines) is 1. The van der Waals surface area contributed by atoms with Crippen LogP contribution in [0.5, 0.6) is 0 Å². The molecule has 0 aliphatic carbocycles. The summed E-state index contributed by atoms with van der Waals surface area (Å²) in [6.45, 7) is 1.86. The largest absolute Gasteiger partial charge is 0.370 e. The zero-order valence-corrected chi connectivity index (χ0v) is 19.2. The Bertz CT molecular complexity index is 1320. The number of hydrogen-bond acceptors (Lipinski definition) is 6. The lowest BCUT2D eigenvalue weighted by Crippen LogP contribution is -2.63. The van der Waals surface area contributed by atoms with E-state index in [0.717, 1.165) is 6.07 Å². The van der Waals surface area contributed by atoms with Crippen LogP contribution >= 0.6 is 0 Å². The summed E-state index contributed by atoms with van der Waals surface area (Å²) in [5.41, 5.74) is -1.18. The van der Waals surface area contributed by atoms with Gasteiger partial charge in [-0.15, -0.1) is 0 Å². The maximum atomic E-state index is 14.6. The number of halogens is 3. The average molecular weight is 475 g/mol. The third-order valence-electron chi connectivity index (χ3n) is 6.32. The number of anilines is 1. The molecule has 0 saturated carbocycles. The second-order valence-electron chi connectivity index (χ2n) is 8.41. The molecule has 1 aliphatic heterocycles. The summed E-state index contributed by atoms with van der Waals surface area (Å²) in [4.78, 5) is 36.6. The first-order chi connectivity index (χ1) is 16.1. The lowest BCUT2D eigenvalue weighted by molar-refractivity contribution is -0.162. The Morgan fingerprint density at radius 2 is 2.00 bits per heavy atom. The van der Waals surface area contributed by atoms with E-state index in [1.807, 2.05) is 0 Å². The first-order valence-corrected chi connectivity index (χ1v) is 10.5. The van der Waals surface area contributed by atoms with Gasteiger partial charge in [-0.2, -0.15) is 0 Å². The maximum Gasteiger partial charge on any atom is 0.266 e. The van der Waals surface area contributed by atoms with Crippen molar-refractivity contribution in [3.05, 3.63) is 63.5 Å². The van der Waals surface area contributed by atoms with Crippen molar-refractivity contribution < 1.29 is 22.7 Å². The normalized spacial score (nSPS) is 15.0. The molecule has 34 heavy (non-hydrogen) atoms. The summed E-state index contributed by atoms with van der Waals surface area (Å²) < 4.78 is 47.9. The van der Waals surface area contributed by atoms with E-state index in [0.29, 0.717) is 22.4 Å². The number of amides is 1. The van der Waals surface area contributed by atoms with Crippen molar-refractivity contribution in [2.45, 2.75) is 25.5 Å². The minimum absolute atomic E-state index is 0.0375. The quantitative estimate of drug-likeness (QED) is 0.546. The van der Waals surface area contributed by atoms with Gasteiger partial charge in [-0.25, -0.2) is 23.1 Å². The number of hydrogen-bond donors (Lipinski definition) is 0. The van der Waals surface area contributed by atoms with Gasteiger partial charge in [0, 0.05) is 40.2 Å². The molecule has 11 heteroatoms. The molecule has 1 aromatic carbocycles. The third-order valence-corrected chi connectivity index (χ3v) is 6.32. The van der Waals surface area contributed by atoms with Crippen LogP contribution in [0.25, 0.3) is 11.0 Å². The van der Waals surface area contributed by atoms with Crippen LogP contribution < -0.4 is 10.5 Å². The Hall–Kier alpha value is -3.47. The molecule has 1 aliphatic rings. The van der Waals surface area contributed by atoms with Crippen LogP contribution in [0.3, 0.4) is 0 Å². The fourth-order valence-corrected chi connectivity index (χ4v) is 4.31. The van der Waals surface area contributed by atoms with E-state index in [2.05, 4.69) is 9.97 Å². The van der Waals surface area contributed by atoms with Crippen molar-refractivity contribution in [2.24, 2.45) is 7.05 Å². The molecular weight excluding hydrogens is 451 g/mol. The predicted octanol–water partition coefficient (Wildman–Crippen LogP) is 2.75. The molecule has 2 aromatic heterocycles. The lowest BCUT2D eigenvalue weighted by Gasteiger charge is -2.48. The van der Waals surface area contributed by atoms with Crippen LogP contribution in [0.4, 0.5) is 19.0 Å². The Kier molecular flexibility index (Phi) is 6.07. The van der Waals surface area contributed by atoms with Gasteiger partial charge >= 0.3 is 0 Å². The smallest absolute Gasteiger partial charge is 0.266 e. The number of benzene rings is 1. The molecule has 180 valence electrons. The molecule has 1 amide bonds. The van der Waals surface area contributed by atoms with Crippen LogP contribution in [-0.2, 0) is 28.7 Å². The Morgan fingerprint density at radius 3 is 2.62 bits per heavy atom. The number of methoxy groups -OCH3 is 1. The van der Waals surface area contributed by atoms with Gasteiger partial charge in [0.2, 0.25) is 5.91 Å². The Balaban J connectivity index is 1.79. The van der Waals surface area contributed by atoms with Crippen molar-refractivity contribution in [1.29, 1.82) is 0 Å².